The van der Waals surface area contributed by atoms with E-state index in [1.165, 1.54) is 12.1 Å². The van der Waals surface area contributed by atoms with Gasteiger partial charge >= 0.3 is 10.2 Å². The van der Waals surface area contributed by atoms with Crippen LogP contribution in [-0.2, 0) is 10.2 Å². The maximum atomic E-state index is 14.3. The van der Waals surface area contributed by atoms with Crippen LogP contribution in [-0.4, -0.2) is 37.0 Å². The predicted molar refractivity (Wildman–Crippen MR) is 103 cm³/mol. The summed E-state index contributed by atoms with van der Waals surface area (Å²) in [5, 5.41) is 11.9. The molecular formula is C16H15F3IN3O3S. The Bertz CT molecular complexity index is 975. The average Bonchev–Trinajstić information content (AvgIpc) is 3.03. The van der Waals surface area contributed by atoms with Crippen LogP contribution in [0.1, 0.15) is 6.42 Å². The molecule has 1 saturated heterocycles. The zero-order valence-electron chi connectivity index (χ0n) is 13.7. The topological polar surface area (TPSA) is 81.7 Å². The van der Waals surface area contributed by atoms with E-state index in [9.17, 15) is 26.7 Å². The molecule has 2 aromatic carbocycles. The van der Waals surface area contributed by atoms with E-state index < -0.39 is 39.5 Å². The number of hydrogen-bond donors (Lipinski definition) is 3. The molecule has 1 heterocycles. The first kappa shape index (κ1) is 20.2. The fraction of sp³-hybridized carbons (Fsp3) is 0.250. The van der Waals surface area contributed by atoms with Gasteiger partial charge in [0.2, 0.25) is 0 Å². The van der Waals surface area contributed by atoms with Crippen molar-refractivity contribution in [2.24, 2.45) is 0 Å². The lowest BCUT2D eigenvalue weighted by molar-refractivity contribution is 0.189. The summed E-state index contributed by atoms with van der Waals surface area (Å²) in [5.74, 6) is -3.28. The second kappa shape index (κ2) is 7.81. The second-order valence-corrected chi connectivity index (χ2v) is 8.86. The molecule has 0 aromatic heterocycles. The molecule has 0 aliphatic carbocycles. The van der Waals surface area contributed by atoms with Crippen LogP contribution in [0.2, 0.25) is 0 Å². The lowest BCUT2D eigenvalue weighted by Crippen LogP contribution is -2.34. The number of aliphatic hydroxyl groups is 1. The van der Waals surface area contributed by atoms with Gasteiger partial charge in [-0.1, -0.05) is 0 Å². The molecule has 27 heavy (non-hydrogen) atoms. The minimum Gasteiger partial charge on any atom is -0.392 e. The molecule has 3 rings (SSSR count). The SMILES string of the molecule is O=S(=O)(Nc1ccc(F)c(F)c1Nc1ccc(I)cc1F)N1CCC(O)C1. The van der Waals surface area contributed by atoms with Gasteiger partial charge in [-0.15, -0.1) is 0 Å². The van der Waals surface area contributed by atoms with E-state index in [-0.39, 0.29) is 30.9 Å². The molecule has 1 aliphatic rings. The molecular weight excluding hydrogens is 498 g/mol. The molecule has 1 fully saturated rings. The van der Waals surface area contributed by atoms with Crippen LogP contribution in [0.15, 0.2) is 30.3 Å². The van der Waals surface area contributed by atoms with E-state index in [1.54, 1.807) is 6.07 Å². The Labute approximate surface area is 167 Å². The highest BCUT2D eigenvalue weighted by Crippen LogP contribution is 2.33. The van der Waals surface area contributed by atoms with Gasteiger partial charge in [0, 0.05) is 16.7 Å². The number of halogens is 4. The van der Waals surface area contributed by atoms with Crippen molar-refractivity contribution in [1.82, 2.24) is 4.31 Å². The maximum absolute atomic E-state index is 14.3. The van der Waals surface area contributed by atoms with E-state index in [0.717, 1.165) is 16.4 Å². The maximum Gasteiger partial charge on any atom is 0.301 e. The molecule has 0 amide bonds. The number of nitrogens with one attached hydrogen (secondary N) is 2. The average molecular weight is 513 g/mol. The number of β-amino-alcohol motifs (C(OH)–C–C–N with tert-alkyl or cyclic N) is 1. The van der Waals surface area contributed by atoms with Crippen molar-refractivity contribution in [3.8, 4) is 0 Å². The Morgan fingerprint density at radius 2 is 1.81 bits per heavy atom. The minimum atomic E-state index is -4.11. The largest absolute Gasteiger partial charge is 0.392 e. The number of anilines is 3. The Morgan fingerprint density at radius 1 is 1.11 bits per heavy atom. The first-order valence-electron chi connectivity index (χ1n) is 7.83. The van der Waals surface area contributed by atoms with Crippen molar-refractivity contribution in [2.75, 3.05) is 23.1 Å². The third-order valence-electron chi connectivity index (χ3n) is 3.99. The van der Waals surface area contributed by atoms with E-state index in [0.29, 0.717) is 3.57 Å². The smallest absolute Gasteiger partial charge is 0.301 e. The zero-order chi connectivity index (χ0) is 19.8. The lowest BCUT2D eigenvalue weighted by atomic mass is 10.2. The number of benzene rings is 2. The Hall–Kier alpha value is -1.57. The van der Waals surface area contributed by atoms with Crippen LogP contribution in [0.3, 0.4) is 0 Å². The third-order valence-corrected chi connectivity index (χ3v) is 6.15. The summed E-state index contributed by atoms with van der Waals surface area (Å²) in [6.07, 6.45) is -0.512. The number of nitrogens with zero attached hydrogens (tertiary/aromatic N) is 1. The summed E-state index contributed by atoms with van der Waals surface area (Å²) in [7, 11) is -4.11. The number of rotatable bonds is 5. The fourth-order valence-electron chi connectivity index (χ4n) is 2.62. The minimum absolute atomic E-state index is 0.0920. The highest BCUT2D eigenvalue weighted by molar-refractivity contribution is 14.1. The van der Waals surface area contributed by atoms with Gasteiger partial charge < -0.3 is 10.4 Å². The molecule has 146 valence electrons. The Morgan fingerprint density at radius 3 is 2.44 bits per heavy atom. The molecule has 1 aliphatic heterocycles. The molecule has 6 nitrogen and oxygen atoms in total. The van der Waals surface area contributed by atoms with E-state index >= 15 is 0 Å². The second-order valence-electron chi connectivity index (χ2n) is 5.94. The van der Waals surface area contributed by atoms with Crippen molar-refractivity contribution in [3.05, 3.63) is 51.4 Å². The molecule has 0 bridgehead atoms. The summed E-state index contributed by atoms with van der Waals surface area (Å²) in [6.45, 7) is -0.0117. The summed E-state index contributed by atoms with van der Waals surface area (Å²) in [4.78, 5) is 0. The lowest BCUT2D eigenvalue weighted by Gasteiger charge is -2.20. The van der Waals surface area contributed by atoms with E-state index in [2.05, 4.69) is 10.0 Å². The fourth-order valence-corrected chi connectivity index (χ4v) is 4.36. The summed E-state index contributed by atoms with van der Waals surface area (Å²) < 4.78 is 70.7. The Balaban J connectivity index is 1.95. The number of aliphatic hydroxyl groups excluding tert-OH is 1. The van der Waals surface area contributed by atoms with Crippen molar-refractivity contribution in [2.45, 2.75) is 12.5 Å². The van der Waals surface area contributed by atoms with Crippen LogP contribution in [0.4, 0.5) is 30.2 Å². The van der Waals surface area contributed by atoms with Crippen LogP contribution < -0.4 is 10.0 Å². The first-order valence-corrected chi connectivity index (χ1v) is 10.4. The van der Waals surface area contributed by atoms with Crippen LogP contribution in [0, 0.1) is 21.0 Å². The van der Waals surface area contributed by atoms with Crippen molar-refractivity contribution in [1.29, 1.82) is 0 Å². The summed E-state index contributed by atoms with van der Waals surface area (Å²) in [5.41, 5.74) is -0.969. The molecule has 3 N–H and O–H groups in total. The van der Waals surface area contributed by atoms with Gasteiger partial charge in [-0.3, -0.25) is 4.72 Å². The van der Waals surface area contributed by atoms with Gasteiger partial charge in [0.05, 0.1) is 17.5 Å². The summed E-state index contributed by atoms with van der Waals surface area (Å²) in [6, 6.07) is 5.88. The van der Waals surface area contributed by atoms with E-state index in [1.807, 2.05) is 22.6 Å². The highest BCUT2D eigenvalue weighted by atomic mass is 127. The van der Waals surface area contributed by atoms with Gasteiger partial charge in [-0.05, 0) is 59.3 Å². The molecule has 1 unspecified atom stereocenters. The Kier molecular flexibility index (Phi) is 5.84. The monoisotopic (exact) mass is 513 g/mol. The molecule has 1 atom stereocenters. The molecule has 0 saturated carbocycles. The first-order chi connectivity index (χ1) is 12.7. The number of hydrogen-bond acceptors (Lipinski definition) is 4. The van der Waals surface area contributed by atoms with Crippen LogP contribution in [0.25, 0.3) is 0 Å². The summed E-state index contributed by atoms with van der Waals surface area (Å²) >= 11 is 1.89. The van der Waals surface area contributed by atoms with E-state index in [4.69, 9.17) is 0 Å². The zero-order valence-corrected chi connectivity index (χ0v) is 16.7. The highest BCUT2D eigenvalue weighted by Gasteiger charge is 2.31. The standard InChI is InChI=1S/C16H15F3IN3O3S/c17-11-2-4-14(22-27(25,26)23-6-5-10(24)8-23)16(15(11)19)21-13-3-1-9(20)7-12(13)18/h1-4,7,10,21-22,24H,5-6,8H2. The van der Waals surface area contributed by atoms with Crippen LogP contribution >= 0.6 is 22.6 Å². The van der Waals surface area contributed by atoms with Crippen molar-refractivity contribution >= 4 is 49.9 Å². The van der Waals surface area contributed by atoms with Gasteiger partial charge in [-0.2, -0.15) is 12.7 Å². The molecule has 0 spiro atoms. The van der Waals surface area contributed by atoms with Crippen molar-refractivity contribution < 1.29 is 26.7 Å². The quantitative estimate of drug-likeness (QED) is 0.537. The molecule has 2 aromatic rings. The van der Waals surface area contributed by atoms with Gasteiger partial charge in [-0.25, -0.2) is 13.2 Å². The van der Waals surface area contributed by atoms with Gasteiger partial charge in [0.15, 0.2) is 11.6 Å². The molecule has 0 radical (unpaired) electrons. The van der Waals surface area contributed by atoms with Gasteiger partial charge in [0.25, 0.3) is 0 Å². The molecule has 11 heteroatoms. The third kappa shape index (κ3) is 4.47. The van der Waals surface area contributed by atoms with Crippen LogP contribution in [0.5, 0.6) is 0 Å². The predicted octanol–water partition coefficient (Wildman–Crippen LogP) is 3.18. The van der Waals surface area contributed by atoms with Gasteiger partial charge in [0.1, 0.15) is 11.5 Å². The normalized spacial score (nSPS) is 17.9. The van der Waals surface area contributed by atoms with Crippen molar-refractivity contribution in [3.63, 3.8) is 0 Å².